The molecule has 1 aromatic rings. The zero-order valence-electron chi connectivity index (χ0n) is 11.8. The lowest BCUT2D eigenvalue weighted by Crippen LogP contribution is -2.32. The maximum Gasteiger partial charge on any atom is 0.0236 e. The summed E-state index contributed by atoms with van der Waals surface area (Å²) in [5.74, 6) is 0.960. The third-order valence-corrected chi connectivity index (χ3v) is 4.07. The van der Waals surface area contributed by atoms with E-state index in [-0.39, 0.29) is 0 Å². The lowest BCUT2D eigenvalue weighted by atomic mass is 9.85. The van der Waals surface area contributed by atoms with E-state index in [0.717, 1.165) is 25.6 Å². The zero-order valence-corrected chi connectivity index (χ0v) is 11.8. The lowest BCUT2D eigenvalue weighted by Gasteiger charge is -2.32. The summed E-state index contributed by atoms with van der Waals surface area (Å²) in [5.41, 5.74) is 2.92. The van der Waals surface area contributed by atoms with Crippen LogP contribution in [0, 0.1) is 5.92 Å². The van der Waals surface area contributed by atoms with Gasteiger partial charge in [-0.1, -0.05) is 37.6 Å². The third-order valence-electron chi connectivity index (χ3n) is 4.07. The minimum Gasteiger partial charge on any atom is -0.316 e. The van der Waals surface area contributed by atoms with Crippen LogP contribution in [0.15, 0.2) is 24.3 Å². The largest absolute Gasteiger partial charge is 0.316 e. The molecule has 0 atom stereocenters. The van der Waals surface area contributed by atoms with E-state index in [1.807, 2.05) is 7.05 Å². The predicted molar refractivity (Wildman–Crippen MR) is 77.5 cm³/mol. The molecule has 1 aromatic carbocycles. The Morgan fingerprint density at radius 1 is 1.22 bits per heavy atom. The molecule has 1 aliphatic rings. The first-order valence-corrected chi connectivity index (χ1v) is 7.27. The van der Waals surface area contributed by atoms with Crippen LogP contribution in [0.1, 0.15) is 37.3 Å². The van der Waals surface area contributed by atoms with Crippen LogP contribution in [0.2, 0.25) is 0 Å². The maximum absolute atomic E-state index is 3.26. The molecular formula is C16H26N2. The number of nitrogens with one attached hydrogen (secondary N) is 1. The first kappa shape index (κ1) is 13.6. The summed E-state index contributed by atoms with van der Waals surface area (Å²) in [6, 6.07) is 8.81. The van der Waals surface area contributed by atoms with Crippen molar-refractivity contribution in [3.05, 3.63) is 35.4 Å². The van der Waals surface area contributed by atoms with E-state index in [4.69, 9.17) is 0 Å². The van der Waals surface area contributed by atoms with Crippen LogP contribution >= 0.6 is 0 Å². The number of rotatable bonds is 7. The average Bonchev–Trinajstić information content (AvgIpc) is 2.34. The van der Waals surface area contributed by atoms with Crippen LogP contribution in [0.4, 0.5) is 0 Å². The van der Waals surface area contributed by atoms with Gasteiger partial charge < -0.3 is 5.32 Å². The highest BCUT2D eigenvalue weighted by Crippen LogP contribution is 2.27. The van der Waals surface area contributed by atoms with Gasteiger partial charge in [0.2, 0.25) is 0 Å². The highest BCUT2D eigenvalue weighted by Gasteiger charge is 2.20. The van der Waals surface area contributed by atoms with E-state index in [1.54, 1.807) is 0 Å². The number of benzene rings is 1. The average molecular weight is 246 g/mol. The second-order valence-corrected chi connectivity index (χ2v) is 5.42. The molecular weight excluding hydrogens is 220 g/mol. The Labute approximate surface area is 111 Å². The van der Waals surface area contributed by atoms with E-state index in [9.17, 15) is 0 Å². The molecule has 2 heteroatoms. The molecule has 18 heavy (non-hydrogen) atoms. The molecule has 1 N–H and O–H groups in total. The number of hydrogen-bond donors (Lipinski definition) is 1. The first-order chi connectivity index (χ1) is 8.83. The molecule has 1 aliphatic carbocycles. The lowest BCUT2D eigenvalue weighted by molar-refractivity contribution is 0.178. The van der Waals surface area contributed by atoms with Gasteiger partial charge in [0.15, 0.2) is 0 Å². The molecule has 0 amide bonds. The quantitative estimate of drug-likeness (QED) is 0.795. The van der Waals surface area contributed by atoms with Crippen molar-refractivity contribution in [1.29, 1.82) is 0 Å². The fourth-order valence-corrected chi connectivity index (χ4v) is 2.66. The summed E-state index contributed by atoms with van der Waals surface area (Å²) in [4.78, 5) is 2.60. The van der Waals surface area contributed by atoms with Gasteiger partial charge in [-0.25, -0.2) is 0 Å². The summed E-state index contributed by atoms with van der Waals surface area (Å²) in [7, 11) is 2.02. The standard InChI is InChI=1S/C16H26N2/c1-3-18(12-14-7-6-8-14)13-16-10-5-4-9-15(16)11-17-2/h4-5,9-10,14,17H,3,6-8,11-13H2,1-2H3. The summed E-state index contributed by atoms with van der Waals surface area (Å²) in [6.07, 6.45) is 4.32. The van der Waals surface area contributed by atoms with Crippen LogP contribution in [-0.2, 0) is 13.1 Å². The van der Waals surface area contributed by atoms with Crippen molar-refractivity contribution >= 4 is 0 Å². The van der Waals surface area contributed by atoms with Gasteiger partial charge in [-0.2, -0.15) is 0 Å². The Morgan fingerprint density at radius 3 is 2.50 bits per heavy atom. The Morgan fingerprint density at radius 2 is 1.94 bits per heavy atom. The Hall–Kier alpha value is -0.860. The summed E-state index contributed by atoms with van der Waals surface area (Å²) in [6.45, 7) is 6.79. The van der Waals surface area contributed by atoms with E-state index in [2.05, 4.69) is 41.4 Å². The fraction of sp³-hybridized carbons (Fsp3) is 0.625. The van der Waals surface area contributed by atoms with Gasteiger partial charge in [0.1, 0.15) is 0 Å². The fourth-order valence-electron chi connectivity index (χ4n) is 2.66. The van der Waals surface area contributed by atoms with Crippen molar-refractivity contribution in [2.75, 3.05) is 20.1 Å². The summed E-state index contributed by atoms with van der Waals surface area (Å²) < 4.78 is 0. The van der Waals surface area contributed by atoms with Crippen LogP contribution in [0.3, 0.4) is 0 Å². The Bertz CT molecular complexity index is 358. The minimum atomic E-state index is 0.960. The molecule has 100 valence electrons. The summed E-state index contributed by atoms with van der Waals surface area (Å²) >= 11 is 0. The molecule has 0 bridgehead atoms. The molecule has 0 aliphatic heterocycles. The molecule has 1 saturated carbocycles. The molecule has 0 heterocycles. The maximum atomic E-state index is 3.26. The van der Waals surface area contributed by atoms with Crippen molar-refractivity contribution in [1.82, 2.24) is 10.2 Å². The molecule has 2 rings (SSSR count). The van der Waals surface area contributed by atoms with E-state index in [1.165, 1.54) is 36.9 Å². The molecule has 0 radical (unpaired) electrons. The Kier molecular flexibility index (Phi) is 5.21. The molecule has 0 saturated heterocycles. The predicted octanol–water partition coefficient (Wildman–Crippen LogP) is 3.03. The topological polar surface area (TPSA) is 15.3 Å². The van der Waals surface area contributed by atoms with E-state index < -0.39 is 0 Å². The minimum absolute atomic E-state index is 0.960. The number of hydrogen-bond acceptors (Lipinski definition) is 2. The Balaban J connectivity index is 1.96. The second-order valence-electron chi connectivity index (χ2n) is 5.42. The molecule has 1 fully saturated rings. The van der Waals surface area contributed by atoms with Crippen LogP contribution in [0.25, 0.3) is 0 Å². The monoisotopic (exact) mass is 246 g/mol. The van der Waals surface area contributed by atoms with Crippen molar-refractivity contribution < 1.29 is 0 Å². The van der Waals surface area contributed by atoms with Crippen molar-refractivity contribution in [2.24, 2.45) is 5.92 Å². The molecule has 2 nitrogen and oxygen atoms in total. The smallest absolute Gasteiger partial charge is 0.0236 e. The van der Waals surface area contributed by atoms with Gasteiger partial charge in [-0.15, -0.1) is 0 Å². The normalized spacial score (nSPS) is 15.9. The van der Waals surface area contributed by atoms with Gasteiger partial charge in [0, 0.05) is 19.6 Å². The van der Waals surface area contributed by atoms with Crippen LogP contribution in [0.5, 0.6) is 0 Å². The SMILES string of the molecule is CCN(Cc1ccccc1CNC)CC1CCC1. The zero-order chi connectivity index (χ0) is 12.8. The van der Waals surface area contributed by atoms with Gasteiger partial charge >= 0.3 is 0 Å². The molecule has 0 unspecified atom stereocenters. The highest BCUT2D eigenvalue weighted by atomic mass is 15.1. The van der Waals surface area contributed by atoms with Crippen LogP contribution < -0.4 is 5.32 Å². The third kappa shape index (κ3) is 3.56. The molecule has 0 spiro atoms. The van der Waals surface area contributed by atoms with Gasteiger partial charge in [0.05, 0.1) is 0 Å². The van der Waals surface area contributed by atoms with Gasteiger partial charge in [0.25, 0.3) is 0 Å². The molecule has 0 aromatic heterocycles. The van der Waals surface area contributed by atoms with E-state index in [0.29, 0.717) is 0 Å². The van der Waals surface area contributed by atoms with E-state index >= 15 is 0 Å². The van der Waals surface area contributed by atoms with Gasteiger partial charge in [-0.3, -0.25) is 4.90 Å². The van der Waals surface area contributed by atoms with Gasteiger partial charge in [-0.05, 0) is 43.5 Å². The first-order valence-electron chi connectivity index (χ1n) is 7.27. The highest BCUT2D eigenvalue weighted by molar-refractivity contribution is 5.26. The van der Waals surface area contributed by atoms with Crippen LogP contribution in [-0.4, -0.2) is 25.0 Å². The van der Waals surface area contributed by atoms with Crippen molar-refractivity contribution in [3.63, 3.8) is 0 Å². The summed E-state index contributed by atoms with van der Waals surface area (Å²) in [5, 5.41) is 3.26. The van der Waals surface area contributed by atoms with Crippen molar-refractivity contribution in [2.45, 2.75) is 39.3 Å². The van der Waals surface area contributed by atoms with Crippen molar-refractivity contribution in [3.8, 4) is 0 Å². The second kappa shape index (κ2) is 6.91. The number of nitrogens with zero attached hydrogens (tertiary/aromatic N) is 1.